The summed E-state index contributed by atoms with van der Waals surface area (Å²) in [6.07, 6.45) is -1.63. The van der Waals surface area contributed by atoms with Crippen molar-refractivity contribution in [3.63, 3.8) is 0 Å². The number of likely N-dealkylation sites (tertiary alicyclic amines) is 1. The number of benzene rings is 2. The largest absolute Gasteiger partial charge is 0.479 e. The zero-order valence-electron chi connectivity index (χ0n) is 15.4. The number of aliphatic carboxylic acids is 1. The van der Waals surface area contributed by atoms with Crippen molar-refractivity contribution in [1.29, 1.82) is 0 Å². The van der Waals surface area contributed by atoms with Gasteiger partial charge < -0.3 is 14.7 Å². The summed E-state index contributed by atoms with van der Waals surface area (Å²) in [6, 6.07) is 16.3. The molecule has 2 aliphatic rings. The molecule has 1 atom stereocenters. The number of fused-ring (bicyclic) bond motifs is 3. The third-order valence-electron chi connectivity index (χ3n) is 5.78. The van der Waals surface area contributed by atoms with E-state index >= 15 is 0 Å². The van der Waals surface area contributed by atoms with Crippen molar-refractivity contribution in [2.45, 2.75) is 24.9 Å². The van der Waals surface area contributed by atoms with Crippen LogP contribution in [-0.2, 0) is 9.53 Å². The lowest BCUT2D eigenvalue weighted by Crippen LogP contribution is -2.42. The molecule has 28 heavy (non-hydrogen) atoms. The summed E-state index contributed by atoms with van der Waals surface area (Å²) in [5, 5.41) is 8.79. The van der Waals surface area contributed by atoms with E-state index in [9.17, 15) is 14.0 Å². The first-order valence-corrected chi connectivity index (χ1v) is 9.53. The topological polar surface area (TPSA) is 66.8 Å². The monoisotopic (exact) mass is 383 g/mol. The minimum atomic E-state index is -1.87. The van der Waals surface area contributed by atoms with Gasteiger partial charge >= 0.3 is 12.1 Å². The van der Waals surface area contributed by atoms with Gasteiger partial charge in [0.2, 0.25) is 0 Å². The third-order valence-corrected chi connectivity index (χ3v) is 5.78. The molecule has 5 nitrogen and oxygen atoms in total. The Bertz CT molecular complexity index is 846. The number of carboxylic acid groups (broad SMARTS) is 1. The number of amides is 1. The van der Waals surface area contributed by atoms with Gasteiger partial charge in [-0.25, -0.2) is 14.0 Å². The highest BCUT2D eigenvalue weighted by Gasteiger charge is 2.34. The molecule has 4 rings (SSSR count). The number of rotatable bonds is 4. The molecule has 2 aromatic carbocycles. The second-order valence-electron chi connectivity index (χ2n) is 7.37. The lowest BCUT2D eigenvalue weighted by molar-refractivity contribution is -0.145. The molecule has 0 radical (unpaired) electrons. The number of nitrogens with zero attached hydrogens (tertiary/aromatic N) is 1. The van der Waals surface area contributed by atoms with Crippen LogP contribution in [-0.4, -0.2) is 47.9 Å². The van der Waals surface area contributed by atoms with Gasteiger partial charge in [0, 0.05) is 24.9 Å². The Morgan fingerprint density at radius 1 is 1.04 bits per heavy atom. The van der Waals surface area contributed by atoms with Crippen molar-refractivity contribution in [3.8, 4) is 11.1 Å². The first-order chi connectivity index (χ1) is 13.6. The molecule has 1 saturated heterocycles. The predicted octanol–water partition coefficient (Wildman–Crippen LogP) is 4.07. The van der Waals surface area contributed by atoms with E-state index in [2.05, 4.69) is 24.3 Å². The average molecular weight is 383 g/mol. The fourth-order valence-electron chi connectivity index (χ4n) is 4.26. The van der Waals surface area contributed by atoms with Crippen LogP contribution < -0.4 is 0 Å². The van der Waals surface area contributed by atoms with Crippen LogP contribution >= 0.6 is 0 Å². The van der Waals surface area contributed by atoms with E-state index < -0.39 is 24.2 Å². The van der Waals surface area contributed by atoms with Crippen molar-refractivity contribution in [2.75, 3.05) is 19.7 Å². The fourth-order valence-corrected chi connectivity index (χ4v) is 4.26. The number of hydrogen-bond donors (Lipinski definition) is 1. The van der Waals surface area contributed by atoms with Gasteiger partial charge in [0.05, 0.1) is 0 Å². The van der Waals surface area contributed by atoms with Crippen LogP contribution in [0, 0.1) is 5.92 Å². The van der Waals surface area contributed by atoms with Crippen LogP contribution in [0.4, 0.5) is 9.18 Å². The molecule has 1 N–H and O–H groups in total. The Labute approximate surface area is 162 Å². The summed E-state index contributed by atoms with van der Waals surface area (Å²) in [6.45, 7) is 0.873. The maximum Gasteiger partial charge on any atom is 0.409 e. The molecule has 1 amide bonds. The van der Waals surface area contributed by atoms with Crippen molar-refractivity contribution in [3.05, 3.63) is 59.7 Å². The lowest BCUT2D eigenvalue weighted by atomic mass is 9.92. The summed E-state index contributed by atoms with van der Waals surface area (Å²) in [7, 11) is 0. The Hall–Kier alpha value is -2.89. The van der Waals surface area contributed by atoms with Crippen LogP contribution in [0.25, 0.3) is 11.1 Å². The number of halogens is 1. The van der Waals surface area contributed by atoms with Crippen molar-refractivity contribution in [1.82, 2.24) is 4.90 Å². The van der Waals surface area contributed by atoms with Crippen molar-refractivity contribution >= 4 is 12.1 Å². The van der Waals surface area contributed by atoms with Gasteiger partial charge in [-0.1, -0.05) is 48.5 Å². The van der Waals surface area contributed by atoms with E-state index in [0.717, 1.165) is 11.1 Å². The Balaban J connectivity index is 1.39. The molecule has 1 aliphatic heterocycles. The highest BCUT2D eigenvalue weighted by atomic mass is 19.1. The summed E-state index contributed by atoms with van der Waals surface area (Å²) in [4.78, 5) is 24.8. The van der Waals surface area contributed by atoms with E-state index in [4.69, 9.17) is 9.84 Å². The van der Waals surface area contributed by atoms with Gasteiger partial charge in [-0.2, -0.15) is 0 Å². The van der Waals surface area contributed by atoms with E-state index in [1.54, 1.807) is 0 Å². The quantitative estimate of drug-likeness (QED) is 0.864. The summed E-state index contributed by atoms with van der Waals surface area (Å²) in [5.41, 5.74) is 4.64. The number of carbonyl (C=O) groups is 2. The highest BCUT2D eigenvalue weighted by molar-refractivity contribution is 5.79. The van der Waals surface area contributed by atoms with Gasteiger partial charge in [0.1, 0.15) is 6.61 Å². The molecule has 1 unspecified atom stereocenters. The van der Waals surface area contributed by atoms with Crippen molar-refractivity contribution < 1.29 is 23.8 Å². The Kier molecular flexibility index (Phi) is 5.03. The number of ether oxygens (including phenoxy) is 1. The number of hydrogen-bond acceptors (Lipinski definition) is 3. The normalized spacial score (nSPS) is 17.7. The Morgan fingerprint density at radius 3 is 2.11 bits per heavy atom. The second kappa shape index (κ2) is 7.62. The van der Waals surface area contributed by atoms with Crippen LogP contribution in [0.3, 0.4) is 0 Å². The van der Waals surface area contributed by atoms with E-state index in [1.165, 1.54) is 16.0 Å². The smallest absolute Gasteiger partial charge is 0.409 e. The Morgan fingerprint density at radius 2 is 1.57 bits per heavy atom. The third kappa shape index (κ3) is 3.35. The van der Waals surface area contributed by atoms with Gasteiger partial charge in [0.15, 0.2) is 6.17 Å². The molecule has 146 valence electrons. The maximum atomic E-state index is 13.6. The van der Waals surface area contributed by atoms with Crippen LogP contribution in [0.15, 0.2) is 48.5 Å². The van der Waals surface area contributed by atoms with Crippen molar-refractivity contribution in [2.24, 2.45) is 5.92 Å². The zero-order valence-corrected chi connectivity index (χ0v) is 15.4. The van der Waals surface area contributed by atoms with Crippen LogP contribution in [0.5, 0.6) is 0 Å². The molecule has 0 spiro atoms. The summed E-state index contributed by atoms with van der Waals surface area (Å²) in [5.74, 6) is -1.98. The fraction of sp³-hybridized carbons (Fsp3) is 0.364. The van der Waals surface area contributed by atoms with E-state index in [1.807, 2.05) is 24.3 Å². The molecule has 0 aromatic heterocycles. The molecular formula is C22H22FNO4. The minimum Gasteiger partial charge on any atom is -0.479 e. The summed E-state index contributed by atoms with van der Waals surface area (Å²) >= 11 is 0. The predicted molar refractivity (Wildman–Crippen MR) is 102 cm³/mol. The molecular weight excluding hydrogens is 361 g/mol. The van der Waals surface area contributed by atoms with Crippen LogP contribution in [0.1, 0.15) is 29.9 Å². The average Bonchev–Trinajstić information content (AvgIpc) is 3.05. The van der Waals surface area contributed by atoms with Crippen LogP contribution in [0.2, 0.25) is 0 Å². The molecule has 0 saturated carbocycles. The lowest BCUT2D eigenvalue weighted by Gasteiger charge is -2.32. The molecule has 0 bridgehead atoms. The van der Waals surface area contributed by atoms with Gasteiger partial charge in [-0.05, 0) is 35.1 Å². The van der Waals surface area contributed by atoms with Gasteiger partial charge in [-0.3, -0.25) is 0 Å². The standard InChI is InChI=1S/C22H22FNO4/c23-20(21(25)26)14-9-11-24(12-10-14)22(27)28-13-19-17-7-3-1-5-15(17)16-6-2-4-8-18(16)19/h1-8,14,19-20H,9-13H2,(H,25,26). The molecule has 1 fully saturated rings. The highest BCUT2D eigenvalue weighted by Crippen LogP contribution is 2.44. The first-order valence-electron chi connectivity index (χ1n) is 9.53. The zero-order chi connectivity index (χ0) is 19.7. The number of carbonyl (C=O) groups excluding carboxylic acids is 1. The maximum absolute atomic E-state index is 13.6. The first kappa shape index (κ1) is 18.5. The van der Waals surface area contributed by atoms with E-state index in [-0.39, 0.29) is 12.5 Å². The van der Waals surface area contributed by atoms with E-state index in [0.29, 0.717) is 25.9 Å². The molecule has 1 aliphatic carbocycles. The number of carboxylic acids is 1. The summed E-state index contributed by atoms with van der Waals surface area (Å²) < 4.78 is 19.2. The molecule has 6 heteroatoms. The SMILES string of the molecule is O=C(O)C(F)C1CCN(C(=O)OCC2c3ccccc3-c3ccccc32)CC1. The second-order valence-corrected chi connectivity index (χ2v) is 7.37. The van der Waals surface area contributed by atoms with Gasteiger partial charge in [0.25, 0.3) is 0 Å². The number of alkyl halides is 1. The van der Waals surface area contributed by atoms with Gasteiger partial charge in [-0.15, -0.1) is 0 Å². The molecule has 2 aromatic rings. The minimum absolute atomic E-state index is 0.00359. The number of piperidine rings is 1. The molecule has 1 heterocycles.